The van der Waals surface area contributed by atoms with Crippen LogP contribution < -0.4 is 14.8 Å². The molecule has 0 bridgehead atoms. The third kappa shape index (κ3) is 5.10. The summed E-state index contributed by atoms with van der Waals surface area (Å²) in [5, 5.41) is 12.6. The highest BCUT2D eigenvalue weighted by atomic mass is 35.5. The van der Waals surface area contributed by atoms with Crippen molar-refractivity contribution < 1.29 is 27.4 Å². The SMILES string of the molecule is CCN(C(=O)Nc1ccc(Cl)c(C(F)(F)F)c1)[C@@]1(C#N)CC[C@@]2(c3ccc(OC)c(OC)c3)CCN(C)[C@H]2C1. The predicted molar refractivity (Wildman–Crippen MR) is 142 cm³/mol. The van der Waals surface area contributed by atoms with E-state index in [-0.39, 0.29) is 23.7 Å². The lowest BCUT2D eigenvalue weighted by Crippen LogP contribution is -2.60. The quantitative estimate of drug-likeness (QED) is 0.444. The van der Waals surface area contributed by atoms with Crippen LogP contribution in [-0.2, 0) is 11.6 Å². The van der Waals surface area contributed by atoms with Crippen molar-refractivity contribution in [3.05, 3.63) is 52.5 Å². The molecule has 2 aromatic carbocycles. The van der Waals surface area contributed by atoms with Crippen molar-refractivity contribution in [3.8, 4) is 17.6 Å². The van der Waals surface area contributed by atoms with Crippen LogP contribution in [0.25, 0.3) is 0 Å². The summed E-state index contributed by atoms with van der Waals surface area (Å²) in [6, 6.07) is 10.9. The molecular weight excluding hydrogens is 533 g/mol. The van der Waals surface area contributed by atoms with Gasteiger partial charge in [0.05, 0.1) is 30.9 Å². The van der Waals surface area contributed by atoms with Gasteiger partial charge in [-0.05, 0) is 75.7 Å². The van der Waals surface area contributed by atoms with Gasteiger partial charge >= 0.3 is 12.2 Å². The molecule has 4 rings (SSSR count). The standard InChI is InChI=1S/C28H32ClF3N4O3/c1-5-36(25(37)34-19-7-8-21(29)20(15-19)28(30,31)32)26(17-33)10-11-27(12-13-35(2)24(27)16-26)18-6-9-22(38-3)23(14-18)39-4/h6-9,14-15,24H,5,10-13,16H2,1-4H3,(H,34,37)/t24-,26-,27-/m0/s1. The maximum absolute atomic E-state index is 13.4. The van der Waals surface area contributed by atoms with Gasteiger partial charge in [0.15, 0.2) is 11.5 Å². The Labute approximate surface area is 231 Å². The average Bonchev–Trinajstić information content (AvgIpc) is 3.25. The van der Waals surface area contributed by atoms with Crippen LogP contribution in [0.1, 0.15) is 43.7 Å². The number of amides is 2. The van der Waals surface area contributed by atoms with Crippen LogP contribution in [0.5, 0.6) is 11.5 Å². The van der Waals surface area contributed by atoms with E-state index >= 15 is 0 Å². The minimum Gasteiger partial charge on any atom is -0.493 e. The van der Waals surface area contributed by atoms with E-state index in [1.165, 1.54) is 11.0 Å². The molecule has 1 saturated heterocycles. The van der Waals surface area contributed by atoms with E-state index in [2.05, 4.69) is 16.3 Å². The van der Waals surface area contributed by atoms with E-state index in [1.807, 2.05) is 25.2 Å². The fourth-order valence-corrected chi connectivity index (χ4v) is 6.53. The summed E-state index contributed by atoms with van der Waals surface area (Å²) < 4.78 is 51.0. The highest BCUT2D eigenvalue weighted by Crippen LogP contribution is 2.53. The first-order valence-corrected chi connectivity index (χ1v) is 13.1. The molecular formula is C28H32ClF3N4O3. The lowest BCUT2D eigenvalue weighted by molar-refractivity contribution is -0.137. The highest BCUT2D eigenvalue weighted by Gasteiger charge is 2.57. The number of rotatable bonds is 6. The van der Waals surface area contributed by atoms with Crippen LogP contribution in [0.2, 0.25) is 5.02 Å². The normalized spacial score (nSPS) is 24.9. The summed E-state index contributed by atoms with van der Waals surface area (Å²) in [7, 11) is 5.20. The molecule has 1 N–H and O–H groups in total. The van der Waals surface area contributed by atoms with Gasteiger partial charge in [0, 0.05) is 30.1 Å². The molecule has 2 fully saturated rings. The number of nitrogens with zero attached hydrogens (tertiary/aromatic N) is 3. The monoisotopic (exact) mass is 564 g/mol. The summed E-state index contributed by atoms with van der Waals surface area (Å²) in [5.41, 5.74) is -1.37. The number of carbonyl (C=O) groups excluding carboxylic acids is 1. The molecule has 39 heavy (non-hydrogen) atoms. The molecule has 7 nitrogen and oxygen atoms in total. The summed E-state index contributed by atoms with van der Waals surface area (Å²) in [4.78, 5) is 17.1. The van der Waals surface area contributed by atoms with Gasteiger partial charge < -0.3 is 24.6 Å². The lowest BCUT2D eigenvalue weighted by atomic mass is 9.61. The Kier molecular flexibility index (Phi) is 7.97. The number of halogens is 4. The summed E-state index contributed by atoms with van der Waals surface area (Å²) in [6.07, 6.45) is -2.33. The van der Waals surface area contributed by atoms with Gasteiger partial charge in [-0.2, -0.15) is 18.4 Å². The smallest absolute Gasteiger partial charge is 0.417 e. The predicted octanol–water partition coefficient (Wildman–Crippen LogP) is 6.32. The minimum absolute atomic E-state index is 0.0433. The molecule has 2 aromatic rings. The maximum Gasteiger partial charge on any atom is 0.417 e. The fraction of sp³-hybridized carbons (Fsp3) is 0.500. The number of benzene rings is 2. The Morgan fingerprint density at radius 3 is 2.51 bits per heavy atom. The van der Waals surface area contributed by atoms with Crippen molar-refractivity contribution in [2.75, 3.05) is 39.7 Å². The van der Waals surface area contributed by atoms with E-state index in [0.29, 0.717) is 30.8 Å². The number of hydrogen-bond acceptors (Lipinski definition) is 5. The van der Waals surface area contributed by atoms with Crippen LogP contribution in [0.15, 0.2) is 36.4 Å². The van der Waals surface area contributed by atoms with E-state index in [4.69, 9.17) is 21.1 Å². The molecule has 1 heterocycles. The number of likely N-dealkylation sites (N-methyl/N-ethyl adjacent to an activating group) is 1. The number of anilines is 1. The Balaban J connectivity index is 1.64. The first kappa shape index (κ1) is 28.8. The number of urea groups is 1. The topological polar surface area (TPSA) is 77.8 Å². The Morgan fingerprint density at radius 2 is 1.90 bits per heavy atom. The zero-order valence-electron chi connectivity index (χ0n) is 22.4. The summed E-state index contributed by atoms with van der Waals surface area (Å²) >= 11 is 5.73. The van der Waals surface area contributed by atoms with Gasteiger partial charge in [-0.15, -0.1) is 0 Å². The number of alkyl halides is 3. The Hall–Kier alpha value is -3.16. The fourth-order valence-electron chi connectivity index (χ4n) is 6.30. The third-order valence-electron chi connectivity index (χ3n) is 8.36. The largest absolute Gasteiger partial charge is 0.493 e. The first-order valence-electron chi connectivity index (χ1n) is 12.7. The number of fused-ring (bicyclic) bond motifs is 1. The molecule has 210 valence electrons. The van der Waals surface area contributed by atoms with Crippen molar-refractivity contribution >= 4 is 23.3 Å². The molecule has 0 aromatic heterocycles. The number of methoxy groups -OCH3 is 2. The second-order valence-electron chi connectivity index (χ2n) is 10.2. The van der Waals surface area contributed by atoms with Crippen LogP contribution >= 0.6 is 11.6 Å². The molecule has 1 saturated carbocycles. The number of nitrogens with one attached hydrogen (secondary N) is 1. The van der Waals surface area contributed by atoms with Crippen molar-refractivity contribution in [2.24, 2.45) is 0 Å². The van der Waals surface area contributed by atoms with E-state index < -0.39 is 28.3 Å². The van der Waals surface area contributed by atoms with Crippen molar-refractivity contribution in [2.45, 2.75) is 55.8 Å². The van der Waals surface area contributed by atoms with Gasteiger partial charge in [-0.25, -0.2) is 4.79 Å². The number of ether oxygens (including phenoxy) is 2. The molecule has 1 aliphatic heterocycles. The molecule has 11 heteroatoms. The van der Waals surface area contributed by atoms with Gasteiger partial charge in [0.2, 0.25) is 0 Å². The summed E-state index contributed by atoms with van der Waals surface area (Å²) in [5.74, 6) is 1.26. The lowest BCUT2D eigenvalue weighted by Gasteiger charge is -2.51. The van der Waals surface area contributed by atoms with Gasteiger partial charge in [0.1, 0.15) is 5.54 Å². The second kappa shape index (κ2) is 10.8. The van der Waals surface area contributed by atoms with Crippen LogP contribution in [0.4, 0.5) is 23.7 Å². The molecule has 1 aliphatic carbocycles. The Morgan fingerprint density at radius 1 is 1.18 bits per heavy atom. The second-order valence-corrected chi connectivity index (χ2v) is 10.6. The number of hydrogen-bond donors (Lipinski definition) is 1. The zero-order valence-corrected chi connectivity index (χ0v) is 23.1. The molecule has 0 radical (unpaired) electrons. The molecule has 2 aliphatic rings. The number of likely N-dealkylation sites (tertiary alicyclic amines) is 1. The molecule has 3 atom stereocenters. The van der Waals surface area contributed by atoms with Gasteiger partial charge in [0.25, 0.3) is 0 Å². The highest BCUT2D eigenvalue weighted by molar-refractivity contribution is 6.31. The van der Waals surface area contributed by atoms with Gasteiger partial charge in [-0.1, -0.05) is 17.7 Å². The summed E-state index contributed by atoms with van der Waals surface area (Å²) in [6.45, 7) is 2.79. The molecule has 2 amide bonds. The van der Waals surface area contributed by atoms with E-state index in [1.54, 1.807) is 21.1 Å². The minimum atomic E-state index is -4.67. The van der Waals surface area contributed by atoms with Crippen LogP contribution in [0.3, 0.4) is 0 Å². The van der Waals surface area contributed by atoms with Crippen LogP contribution in [-0.4, -0.2) is 61.8 Å². The van der Waals surface area contributed by atoms with Crippen molar-refractivity contribution in [1.82, 2.24) is 9.80 Å². The van der Waals surface area contributed by atoms with Gasteiger partial charge in [-0.3, -0.25) is 0 Å². The molecule has 0 unspecified atom stereocenters. The zero-order chi connectivity index (χ0) is 28.6. The maximum atomic E-state index is 13.4. The molecule has 0 spiro atoms. The number of nitriles is 1. The first-order chi connectivity index (χ1) is 18.4. The third-order valence-corrected chi connectivity index (χ3v) is 8.69. The van der Waals surface area contributed by atoms with Crippen molar-refractivity contribution in [1.29, 1.82) is 5.26 Å². The number of carbonyl (C=O) groups is 1. The van der Waals surface area contributed by atoms with E-state index in [0.717, 1.165) is 30.7 Å². The Bertz CT molecular complexity index is 1280. The van der Waals surface area contributed by atoms with E-state index in [9.17, 15) is 23.2 Å². The van der Waals surface area contributed by atoms with Crippen molar-refractivity contribution in [3.63, 3.8) is 0 Å². The van der Waals surface area contributed by atoms with Crippen LogP contribution in [0, 0.1) is 11.3 Å². The average molecular weight is 565 g/mol.